The Hall–Kier alpha value is -3.68. The number of fused-ring (bicyclic) bond motifs is 4. The molecular weight excluding hydrogens is 446 g/mol. The molecule has 0 fully saturated rings. The molecule has 0 spiro atoms. The fraction of sp³-hybridized carbons (Fsp3) is 0.286. The number of aliphatic hydroxyl groups excluding tert-OH is 2. The average Bonchev–Trinajstić information content (AvgIpc) is 3.21. The summed E-state index contributed by atoms with van der Waals surface area (Å²) in [5.41, 5.74) is 5.42. The quantitative estimate of drug-likeness (QED) is 0.480. The normalized spacial score (nSPS) is 15.9. The predicted molar refractivity (Wildman–Crippen MR) is 130 cm³/mol. The van der Waals surface area contributed by atoms with Gasteiger partial charge in [0.25, 0.3) is 0 Å². The van der Waals surface area contributed by atoms with Crippen LogP contribution in [-0.4, -0.2) is 48.0 Å². The van der Waals surface area contributed by atoms with Gasteiger partial charge in [0.05, 0.1) is 18.3 Å². The zero-order chi connectivity index (χ0) is 24.4. The van der Waals surface area contributed by atoms with Crippen LogP contribution in [0, 0.1) is 0 Å². The second-order valence-electron chi connectivity index (χ2n) is 8.83. The van der Waals surface area contributed by atoms with Gasteiger partial charge in [-0.3, -0.25) is 4.79 Å². The number of amides is 1. The van der Waals surface area contributed by atoms with Crippen LogP contribution in [-0.2, 0) is 4.74 Å². The van der Waals surface area contributed by atoms with Crippen molar-refractivity contribution in [1.29, 1.82) is 0 Å². The largest absolute Gasteiger partial charge is 0.492 e. The van der Waals surface area contributed by atoms with Crippen molar-refractivity contribution in [2.45, 2.75) is 31.0 Å². The Kier molecular flexibility index (Phi) is 6.53. The molecule has 0 saturated heterocycles. The van der Waals surface area contributed by atoms with Crippen LogP contribution in [0.4, 0.5) is 4.79 Å². The van der Waals surface area contributed by atoms with Gasteiger partial charge in [-0.25, -0.2) is 4.79 Å². The molecule has 1 aliphatic heterocycles. The van der Waals surface area contributed by atoms with Gasteiger partial charge in [0, 0.05) is 18.9 Å². The van der Waals surface area contributed by atoms with Gasteiger partial charge in [0.1, 0.15) is 18.5 Å². The molecule has 0 radical (unpaired) electrons. The molecule has 2 unspecified atom stereocenters. The summed E-state index contributed by atoms with van der Waals surface area (Å²) in [5.74, 6) is 0.409. The molecule has 1 heterocycles. The van der Waals surface area contributed by atoms with E-state index in [1.54, 1.807) is 18.2 Å². The number of nitrogens with one attached hydrogen (secondary N) is 1. The molecule has 7 heteroatoms. The number of ether oxygens (including phenoxy) is 2. The summed E-state index contributed by atoms with van der Waals surface area (Å²) < 4.78 is 10.9. The van der Waals surface area contributed by atoms with Crippen molar-refractivity contribution < 1.29 is 29.3 Å². The van der Waals surface area contributed by atoms with Crippen LogP contribution < -0.4 is 10.1 Å². The van der Waals surface area contributed by atoms with Crippen LogP contribution in [0.3, 0.4) is 0 Å². The predicted octanol–water partition coefficient (Wildman–Crippen LogP) is 3.97. The van der Waals surface area contributed by atoms with Crippen LogP contribution in [0.25, 0.3) is 11.1 Å². The number of hydrogen-bond donors (Lipinski definition) is 3. The van der Waals surface area contributed by atoms with E-state index in [4.69, 9.17) is 9.47 Å². The van der Waals surface area contributed by atoms with Crippen molar-refractivity contribution in [2.24, 2.45) is 0 Å². The molecular formula is C28H27NO6. The van der Waals surface area contributed by atoms with Crippen LogP contribution in [0.5, 0.6) is 5.75 Å². The molecule has 1 amide bonds. The maximum absolute atomic E-state index is 12.3. The number of carbonyl (C=O) groups is 2. The first-order valence-corrected chi connectivity index (χ1v) is 11.8. The Bertz CT molecular complexity index is 1210. The van der Waals surface area contributed by atoms with Gasteiger partial charge in [-0.05, 0) is 46.4 Å². The zero-order valence-corrected chi connectivity index (χ0v) is 19.1. The fourth-order valence-electron chi connectivity index (χ4n) is 4.82. The van der Waals surface area contributed by atoms with E-state index < -0.39 is 18.3 Å². The number of ketones is 1. The summed E-state index contributed by atoms with van der Waals surface area (Å²) >= 11 is 0. The molecule has 7 nitrogen and oxygen atoms in total. The molecule has 0 saturated carbocycles. The van der Waals surface area contributed by atoms with Crippen LogP contribution in [0.2, 0.25) is 0 Å². The van der Waals surface area contributed by atoms with E-state index in [9.17, 15) is 19.8 Å². The van der Waals surface area contributed by atoms with Crippen molar-refractivity contribution in [1.82, 2.24) is 5.32 Å². The van der Waals surface area contributed by atoms with Gasteiger partial charge in [-0.2, -0.15) is 0 Å². The number of aliphatic hydroxyl groups is 2. The summed E-state index contributed by atoms with van der Waals surface area (Å²) in [7, 11) is 0. The molecule has 2 aliphatic rings. The third kappa shape index (κ3) is 4.65. The summed E-state index contributed by atoms with van der Waals surface area (Å²) in [5, 5.41) is 23.6. The van der Waals surface area contributed by atoms with Gasteiger partial charge in [-0.1, -0.05) is 54.6 Å². The number of carbonyl (C=O) groups excluding carboxylic acids is 2. The first-order chi connectivity index (χ1) is 17.0. The minimum absolute atomic E-state index is 0.0312. The molecule has 180 valence electrons. The molecule has 3 N–H and O–H groups in total. The van der Waals surface area contributed by atoms with Gasteiger partial charge in [-0.15, -0.1) is 0 Å². The van der Waals surface area contributed by atoms with E-state index in [-0.39, 0.29) is 31.3 Å². The third-order valence-corrected chi connectivity index (χ3v) is 6.65. The number of benzene rings is 3. The van der Waals surface area contributed by atoms with Crippen molar-refractivity contribution in [3.63, 3.8) is 0 Å². The number of hydrogen-bond acceptors (Lipinski definition) is 6. The summed E-state index contributed by atoms with van der Waals surface area (Å²) in [6.45, 7) is 0.677. The average molecular weight is 474 g/mol. The van der Waals surface area contributed by atoms with E-state index in [0.29, 0.717) is 29.9 Å². The molecule has 3 aromatic carbocycles. The number of Topliss-reactive ketones (excluding diaryl/α,β-unsaturated/α-hetero) is 1. The maximum atomic E-state index is 12.3. The van der Waals surface area contributed by atoms with E-state index in [2.05, 4.69) is 29.6 Å². The first kappa shape index (κ1) is 23.1. The topological polar surface area (TPSA) is 105 Å². The van der Waals surface area contributed by atoms with E-state index >= 15 is 0 Å². The highest BCUT2D eigenvalue weighted by molar-refractivity contribution is 5.99. The van der Waals surface area contributed by atoms with E-state index in [1.165, 1.54) is 0 Å². The smallest absolute Gasteiger partial charge is 0.407 e. The van der Waals surface area contributed by atoms with Crippen LogP contribution >= 0.6 is 0 Å². The Morgan fingerprint density at radius 1 is 1.00 bits per heavy atom. The van der Waals surface area contributed by atoms with Crippen molar-refractivity contribution in [3.8, 4) is 16.9 Å². The molecule has 35 heavy (non-hydrogen) atoms. The standard InChI is InChI=1S/C28H27NO6/c30-24-12-14-34-26-10-9-17(15-22(24)26)27(32)25(31)11-13-29-28(33)35-16-23-20-7-3-1-5-18(20)19-6-2-4-8-21(19)23/h1-10,15,23,25,27,31-32H,11-14,16H2,(H,29,33). The molecule has 2 atom stereocenters. The lowest BCUT2D eigenvalue weighted by Gasteiger charge is -2.21. The number of alkyl carbamates (subject to hydrolysis) is 1. The first-order valence-electron chi connectivity index (χ1n) is 11.8. The Labute approximate surface area is 203 Å². The minimum Gasteiger partial charge on any atom is -0.492 e. The maximum Gasteiger partial charge on any atom is 0.407 e. The molecule has 0 aromatic heterocycles. The lowest BCUT2D eigenvalue weighted by molar-refractivity contribution is 0.0136. The SMILES string of the molecule is O=C(NCCC(O)C(O)c1ccc2c(c1)C(=O)CCO2)OCC1c2ccccc2-c2ccccc21. The Balaban J connectivity index is 1.13. The molecule has 3 aromatic rings. The van der Waals surface area contributed by atoms with Gasteiger partial charge in [0.15, 0.2) is 5.78 Å². The molecule has 1 aliphatic carbocycles. The highest BCUT2D eigenvalue weighted by Gasteiger charge is 2.29. The second kappa shape index (κ2) is 9.90. The van der Waals surface area contributed by atoms with E-state index in [0.717, 1.165) is 22.3 Å². The van der Waals surface area contributed by atoms with Crippen molar-refractivity contribution in [2.75, 3.05) is 19.8 Å². The summed E-state index contributed by atoms with van der Waals surface area (Å²) in [4.78, 5) is 24.4. The monoisotopic (exact) mass is 473 g/mol. The van der Waals surface area contributed by atoms with E-state index in [1.807, 2.05) is 24.3 Å². The highest BCUT2D eigenvalue weighted by Crippen LogP contribution is 2.44. The highest BCUT2D eigenvalue weighted by atomic mass is 16.5. The van der Waals surface area contributed by atoms with Crippen molar-refractivity contribution in [3.05, 3.63) is 89.0 Å². The van der Waals surface area contributed by atoms with Gasteiger partial charge >= 0.3 is 6.09 Å². The second-order valence-corrected chi connectivity index (χ2v) is 8.83. The molecule has 0 bridgehead atoms. The zero-order valence-electron chi connectivity index (χ0n) is 19.1. The third-order valence-electron chi connectivity index (χ3n) is 6.65. The minimum atomic E-state index is -1.20. The van der Waals surface area contributed by atoms with Gasteiger partial charge < -0.3 is 25.0 Å². The van der Waals surface area contributed by atoms with Gasteiger partial charge in [0.2, 0.25) is 0 Å². The van der Waals surface area contributed by atoms with Crippen LogP contribution in [0.1, 0.15) is 51.9 Å². The lowest BCUT2D eigenvalue weighted by atomic mass is 9.96. The van der Waals surface area contributed by atoms with Crippen molar-refractivity contribution >= 4 is 11.9 Å². The molecule has 5 rings (SSSR count). The fourth-order valence-corrected chi connectivity index (χ4v) is 4.82. The van der Waals surface area contributed by atoms with Crippen LogP contribution in [0.15, 0.2) is 66.7 Å². The lowest BCUT2D eigenvalue weighted by Crippen LogP contribution is -2.30. The Morgan fingerprint density at radius 2 is 1.69 bits per heavy atom. The summed E-state index contributed by atoms with van der Waals surface area (Å²) in [6.07, 6.45) is -2.49. The Morgan fingerprint density at radius 3 is 2.40 bits per heavy atom. The number of rotatable bonds is 7. The summed E-state index contributed by atoms with van der Waals surface area (Å²) in [6, 6.07) is 21.0.